The van der Waals surface area contributed by atoms with Gasteiger partial charge in [0.05, 0.1) is 12.2 Å². The maximum Gasteiger partial charge on any atom is 0.256 e. The van der Waals surface area contributed by atoms with E-state index in [0.717, 1.165) is 11.1 Å². The van der Waals surface area contributed by atoms with Crippen molar-refractivity contribution in [2.75, 3.05) is 13.2 Å². The van der Waals surface area contributed by atoms with Crippen molar-refractivity contribution in [3.05, 3.63) is 46.2 Å². The Morgan fingerprint density at radius 2 is 1.77 bits per heavy atom. The number of aliphatic hydroxyl groups is 1. The molecule has 0 bridgehead atoms. The van der Waals surface area contributed by atoms with Crippen molar-refractivity contribution in [1.82, 2.24) is 10.6 Å². The van der Waals surface area contributed by atoms with Gasteiger partial charge in [0.2, 0.25) is 12.2 Å². The van der Waals surface area contributed by atoms with Gasteiger partial charge >= 0.3 is 0 Å². The lowest BCUT2D eigenvalue weighted by Gasteiger charge is -2.17. The van der Waals surface area contributed by atoms with Crippen molar-refractivity contribution in [1.29, 1.82) is 0 Å². The Hall–Kier alpha value is -2.91. The minimum Gasteiger partial charge on any atom is -0.384 e. The summed E-state index contributed by atoms with van der Waals surface area (Å²) in [7, 11) is 0. The maximum atomic E-state index is 13.1. The van der Waals surface area contributed by atoms with Gasteiger partial charge in [-0.05, 0) is 31.9 Å². The fraction of sp³-hybridized carbons (Fsp3) is 0.350. The van der Waals surface area contributed by atoms with Crippen molar-refractivity contribution in [2.24, 2.45) is 5.92 Å². The van der Waals surface area contributed by atoms with Crippen LogP contribution < -0.4 is 10.6 Å². The summed E-state index contributed by atoms with van der Waals surface area (Å²) in [5, 5.41) is 13.7. The van der Waals surface area contributed by atoms with Gasteiger partial charge in [0.1, 0.15) is 6.61 Å². The number of carbonyl (C=O) groups is 3. The van der Waals surface area contributed by atoms with Crippen molar-refractivity contribution in [3.63, 3.8) is 0 Å². The fourth-order valence-electron chi connectivity index (χ4n) is 2.59. The van der Waals surface area contributed by atoms with Crippen LogP contribution in [0.15, 0.2) is 29.5 Å². The van der Waals surface area contributed by atoms with Gasteiger partial charge in [0.25, 0.3) is 5.91 Å². The smallest absolute Gasteiger partial charge is 0.256 e. The largest absolute Gasteiger partial charge is 0.384 e. The molecule has 1 rings (SSSR count). The third-order valence-corrected chi connectivity index (χ3v) is 3.55. The molecule has 0 radical (unpaired) electrons. The summed E-state index contributed by atoms with van der Waals surface area (Å²) in [6.07, 6.45) is 0.287. The molecule has 0 aliphatic heterocycles. The minimum absolute atomic E-state index is 0.0804. The van der Waals surface area contributed by atoms with Gasteiger partial charge in [-0.1, -0.05) is 42.9 Å². The number of hydrogen-bond acceptors (Lipinski definition) is 5. The van der Waals surface area contributed by atoms with Crippen LogP contribution >= 0.6 is 0 Å². The van der Waals surface area contributed by atoms with Crippen molar-refractivity contribution < 1.29 is 19.5 Å². The van der Waals surface area contributed by atoms with E-state index in [1.54, 1.807) is 26.0 Å². The second-order valence-electron chi connectivity index (χ2n) is 6.11. The molecule has 0 aliphatic carbocycles. The van der Waals surface area contributed by atoms with Gasteiger partial charge in [0.15, 0.2) is 0 Å². The number of nitrogens with one attached hydrogen (secondary N) is 2. The molecule has 138 valence electrons. The van der Waals surface area contributed by atoms with Crippen LogP contribution in [0.25, 0.3) is 0 Å². The molecule has 0 saturated heterocycles. The lowest BCUT2D eigenvalue weighted by atomic mass is 9.94. The average Bonchev–Trinajstić information content (AvgIpc) is 2.55. The molecular weight excluding hydrogens is 332 g/mol. The van der Waals surface area contributed by atoms with Gasteiger partial charge < -0.3 is 10.4 Å². The lowest BCUT2D eigenvalue weighted by molar-refractivity contribution is -0.122. The van der Waals surface area contributed by atoms with Gasteiger partial charge in [-0.15, -0.1) is 0 Å². The molecule has 0 aliphatic rings. The molecule has 0 aromatic heterocycles. The SMILES string of the molecule is Cc1cc(C)cc(C(=O)/C(NCC#CCO)=C(/C(=O)NC=O)C(C)C)c1. The summed E-state index contributed by atoms with van der Waals surface area (Å²) >= 11 is 0. The van der Waals surface area contributed by atoms with Crippen LogP contribution in [0.1, 0.15) is 35.3 Å². The highest BCUT2D eigenvalue weighted by molar-refractivity contribution is 6.14. The van der Waals surface area contributed by atoms with E-state index in [2.05, 4.69) is 22.5 Å². The number of aryl methyl sites for hydroxylation is 2. The molecule has 6 heteroatoms. The first-order chi connectivity index (χ1) is 12.3. The zero-order valence-electron chi connectivity index (χ0n) is 15.5. The number of allylic oxidation sites excluding steroid dienone is 1. The quantitative estimate of drug-likeness (QED) is 0.296. The Bertz CT molecular complexity index is 762. The number of amides is 2. The second kappa shape index (κ2) is 10.2. The van der Waals surface area contributed by atoms with Crippen LogP contribution in [0.3, 0.4) is 0 Å². The first-order valence-electron chi connectivity index (χ1n) is 8.23. The van der Waals surface area contributed by atoms with Crippen LogP contribution in [-0.4, -0.2) is 36.4 Å². The van der Waals surface area contributed by atoms with E-state index < -0.39 is 5.91 Å². The highest BCUT2D eigenvalue weighted by Crippen LogP contribution is 2.19. The molecule has 6 nitrogen and oxygen atoms in total. The second-order valence-corrected chi connectivity index (χ2v) is 6.11. The summed E-state index contributed by atoms with van der Waals surface area (Å²) in [5.74, 6) is 3.84. The summed E-state index contributed by atoms with van der Waals surface area (Å²) in [6, 6.07) is 5.43. The van der Waals surface area contributed by atoms with Crippen molar-refractivity contribution >= 4 is 18.1 Å². The molecule has 0 atom stereocenters. The molecule has 3 N–H and O–H groups in total. The summed E-state index contributed by atoms with van der Waals surface area (Å²) in [5.41, 5.74) is 2.56. The zero-order chi connectivity index (χ0) is 19.7. The molecule has 26 heavy (non-hydrogen) atoms. The molecular formula is C20H24N2O4. The van der Waals surface area contributed by atoms with Gasteiger partial charge in [-0.25, -0.2) is 0 Å². The summed E-state index contributed by atoms with van der Waals surface area (Å²) in [4.78, 5) is 36.1. The Morgan fingerprint density at radius 1 is 1.15 bits per heavy atom. The average molecular weight is 356 g/mol. The maximum absolute atomic E-state index is 13.1. The monoisotopic (exact) mass is 356 g/mol. The fourth-order valence-corrected chi connectivity index (χ4v) is 2.59. The molecule has 0 unspecified atom stereocenters. The molecule has 0 heterocycles. The Kier molecular flexibility index (Phi) is 8.26. The van der Waals surface area contributed by atoms with E-state index in [-0.39, 0.29) is 42.5 Å². The number of ketones is 1. The number of aliphatic hydroxyl groups excluding tert-OH is 1. The van der Waals surface area contributed by atoms with Gasteiger partial charge in [-0.3, -0.25) is 19.7 Å². The summed E-state index contributed by atoms with van der Waals surface area (Å²) in [6.45, 7) is 7.07. The predicted octanol–water partition coefficient (Wildman–Crippen LogP) is 1.25. The topological polar surface area (TPSA) is 95.5 Å². The molecule has 0 spiro atoms. The van der Waals surface area contributed by atoms with E-state index in [0.29, 0.717) is 5.56 Å². The Labute approximate surface area is 153 Å². The summed E-state index contributed by atoms with van der Waals surface area (Å²) < 4.78 is 0. The highest BCUT2D eigenvalue weighted by atomic mass is 16.2. The van der Waals surface area contributed by atoms with E-state index in [4.69, 9.17) is 5.11 Å². The number of Topliss-reactive ketones (excluding diaryl/α,β-unsaturated/α-hetero) is 1. The first-order valence-corrected chi connectivity index (χ1v) is 8.23. The lowest BCUT2D eigenvalue weighted by Crippen LogP contribution is -2.33. The highest BCUT2D eigenvalue weighted by Gasteiger charge is 2.24. The number of hydrogen-bond donors (Lipinski definition) is 3. The van der Waals surface area contributed by atoms with E-state index in [1.807, 2.05) is 19.9 Å². The molecule has 0 fully saturated rings. The predicted molar refractivity (Wildman–Crippen MR) is 99.2 cm³/mol. The molecule has 1 aromatic carbocycles. The van der Waals surface area contributed by atoms with Crippen LogP contribution in [0.4, 0.5) is 0 Å². The minimum atomic E-state index is -0.634. The first kappa shape index (κ1) is 21.1. The van der Waals surface area contributed by atoms with Crippen LogP contribution in [0.5, 0.6) is 0 Å². The number of carbonyl (C=O) groups excluding carboxylic acids is 3. The van der Waals surface area contributed by atoms with Crippen molar-refractivity contribution in [2.45, 2.75) is 27.7 Å². The molecule has 2 amide bonds. The molecule has 1 aromatic rings. The van der Waals surface area contributed by atoms with Crippen LogP contribution in [-0.2, 0) is 9.59 Å². The van der Waals surface area contributed by atoms with Crippen LogP contribution in [0.2, 0.25) is 0 Å². The van der Waals surface area contributed by atoms with E-state index in [9.17, 15) is 14.4 Å². The third kappa shape index (κ3) is 5.87. The van der Waals surface area contributed by atoms with E-state index >= 15 is 0 Å². The zero-order valence-corrected chi connectivity index (χ0v) is 15.5. The number of benzene rings is 1. The normalized spacial score (nSPS) is 11.2. The Balaban J connectivity index is 3.45. The van der Waals surface area contributed by atoms with E-state index in [1.165, 1.54) is 0 Å². The number of rotatable bonds is 7. The number of imide groups is 1. The Morgan fingerprint density at radius 3 is 2.27 bits per heavy atom. The van der Waals surface area contributed by atoms with Crippen molar-refractivity contribution in [3.8, 4) is 11.8 Å². The van der Waals surface area contributed by atoms with Gasteiger partial charge in [-0.2, -0.15) is 0 Å². The van der Waals surface area contributed by atoms with Crippen LogP contribution in [0, 0.1) is 31.6 Å². The van der Waals surface area contributed by atoms with Gasteiger partial charge in [0, 0.05) is 11.1 Å². The third-order valence-electron chi connectivity index (χ3n) is 3.55. The molecule has 0 saturated carbocycles. The standard InChI is InChI=1S/C20H24N2O4/c1-13(2)17(20(26)22-12-24)18(21-7-5-6-8-23)19(25)16-10-14(3)9-15(4)11-16/h9-13,21,23H,7-8H2,1-4H3,(H,22,24,26)/b18-17-.